The maximum atomic E-state index is 10.4. The highest BCUT2D eigenvalue weighted by atomic mass is 32.2. The zero-order valence-electron chi connectivity index (χ0n) is 6.37. The Morgan fingerprint density at radius 3 is 2.64 bits per heavy atom. The first kappa shape index (κ1) is 10.4. The van der Waals surface area contributed by atoms with Crippen LogP contribution in [0.25, 0.3) is 0 Å². The van der Waals surface area contributed by atoms with Crippen LogP contribution >= 0.6 is 0 Å². The third kappa shape index (κ3) is 7.33. The zero-order chi connectivity index (χ0) is 8.91. The van der Waals surface area contributed by atoms with Gasteiger partial charge in [0.1, 0.15) is 0 Å². The number of nitrogens with one attached hydrogen (secondary N) is 1. The van der Waals surface area contributed by atoms with Crippen molar-refractivity contribution < 1.29 is 8.42 Å². The van der Waals surface area contributed by atoms with Gasteiger partial charge < -0.3 is 5.32 Å². The fraction of sp³-hybridized carbons (Fsp3) is 0.667. The highest BCUT2D eigenvalue weighted by molar-refractivity contribution is 7.89. The summed E-state index contributed by atoms with van der Waals surface area (Å²) in [6.45, 7) is 2.06. The maximum absolute atomic E-state index is 10.4. The largest absolute Gasteiger partial charge is 0.303 e. The van der Waals surface area contributed by atoms with E-state index in [-0.39, 0.29) is 11.8 Å². The molecule has 0 amide bonds. The van der Waals surface area contributed by atoms with Gasteiger partial charge in [-0.25, -0.2) is 13.6 Å². The predicted molar refractivity (Wildman–Crippen MR) is 44.3 cm³/mol. The van der Waals surface area contributed by atoms with Gasteiger partial charge in [-0.1, -0.05) is 5.92 Å². The van der Waals surface area contributed by atoms with Crippen LogP contribution < -0.4 is 10.5 Å². The summed E-state index contributed by atoms with van der Waals surface area (Å²) in [7, 11) is -3.36. The summed E-state index contributed by atoms with van der Waals surface area (Å²) in [6.07, 6.45) is 5.03. The number of terminal acetylenes is 1. The van der Waals surface area contributed by atoms with E-state index in [1.54, 1.807) is 6.92 Å². The minimum Gasteiger partial charge on any atom is -0.303 e. The topological polar surface area (TPSA) is 72.2 Å². The quantitative estimate of drug-likeness (QED) is 0.533. The second-order valence-corrected chi connectivity index (χ2v) is 3.94. The van der Waals surface area contributed by atoms with Crippen molar-refractivity contribution in [3.8, 4) is 12.3 Å². The van der Waals surface area contributed by atoms with Gasteiger partial charge in [-0.2, -0.15) is 0 Å². The SMILES string of the molecule is C#CC(C)NCCS(N)(=O)=O. The van der Waals surface area contributed by atoms with E-state index < -0.39 is 10.0 Å². The normalized spacial score (nSPS) is 13.9. The molecular weight excluding hydrogens is 164 g/mol. The van der Waals surface area contributed by atoms with Crippen LogP contribution in [-0.4, -0.2) is 26.8 Å². The number of primary sulfonamides is 1. The molecule has 4 nitrogen and oxygen atoms in total. The van der Waals surface area contributed by atoms with E-state index in [1.165, 1.54) is 0 Å². The molecule has 0 rings (SSSR count). The van der Waals surface area contributed by atoms with E-state index in [0.717, 1.165) is 0 Å². The lowest BCUT2D eigenvalue weighted by Gasteiger charge is -2.04. The van der Waals surface area contributed by atoms with Crippen LogP contribution in [0.1, 0.15) is 6.92 Å². The summed E-state index contributed by atoms with van der Waals surface area (Å²) in [6, 6.07) is -0.114. The van der Waals surface area contributed by atoms with Crippen LogP contribution in [0.2, 0.25) is 0 Å². The first-order valence-electron chi connectivity index (χ1n) is 3.15. The van der Waals surface area contributed by atoms with E-state index >= 15 is 0 Å². The molecule has 0 saturated carbocycles. The first-order valence-corrected chi connectivity index (χ1v) is 4.87. The summed E-state index contributed by atoms with van der Waals surface area (Å²) in [5, 5.41) is 7.54. The highest BCUT2D eigenvalue weighted by Gasteiger charge is 2.02. The fourth-order valence-electron chi connectivity index (χ4n) is 0.477. The molecule has 0 saturated heterocycles. The molecule has 3 N–H and O–H groups in total. The molecule has 0 bridgehead atoms. The third-order valence-corrected chi connectivity index (χ3v) is 1.86. The van der Waals surface area contributed by atoms with E-state index in [4.69, 9.17) is 11.6 Å². The van der Waals surface area contributed by atoms with Gasteiger partial charge >= 0.3 is 0 Å². The van der Waals surface area contributed by atoms with E-state index in [2.05, 4.69) is 11.2 Å². The second kappa shape index (κ2) is 4.34. The van der Waals surface area contributed by atoms with Gasteiger partial charge in [-0.05, 0) is 6.92 Å². The van der Waals surface area contributed by atoms with Gasteiger partial charge in [0, 0.05) is 6.54 Å². The molecule has 11 heavy (non-hydrogen) atoms. The van der Waals surface area contributed by atoms with Crippen molar-refractivity contribution in [2.24, 2.45) is 5.14 Å². The molecule has 1 atom stereocenters. The average molecular weight is 176 g/mol. The van der Waals surface area contributed by atoms with Crippen LogP contribution in [0.4, 0.5) is 0 Å². The van der Waals surface area contributed by atoms with Crippen molar-refractivity contribution in [2.45, 2.75) is 13.0 Å². The van der Waals surface area contributed by atoms with Crippen molar-refractivity contribution in [3.05, 3.63) is 0 Å². The Morgan fingerprint density at radius 1 is 1.73 bits per heavy atom. The molecule has 0 aliphatic carbocycles. The standard InChI is InChI=1S/C6H12N2O2S/c1-3-6(2)8-4-5-11(7,9)10/h1,6,8H,4-5H2,2H3,(H2,7,9,10). The van der Waals surface area contributed by atoms with Crippen molar-refractivity contribution >= 4 is 10.0 Å². The summed E-state index contributed by atoms with van der Waals surface area (Å²) in [5.74, 6) is 2.32. The smallest absolute Gasteiger partial charge is 0.210 e. The predicted octanol–water partition coefficient (Wildman–Crippen LogP) is -1.11. The molecular formula is C6H12N2O2S. The van der Waals surface area contributed by atoms with Crippen LogP contribution in [0.15, 0.2) is 0 Å². The van der Waals surface area contributed by atoms with Gasteiger partial charge in [0.05, 0.1) is 11.8 Å². The molecule has 0 fully saturated rings. The van der Waals surface area contributed by atoms with Crippen LogP contribution in [0.3, 0.4) is 0 Å². The summed E-state index contributed by atoms with van der Waals surface area (Å²) >= 11 is 0. The Labute approximate surface area is 67.2 Å². The lowest BCUT2D eigenvalue weighted by molar-refractivity contribution is 0.590. The van der Waals surface area contributed by atoms with Crippen molar-refractivity contribution in [1.82, 2.24) is 5.32 Å². The third-order valence-electron chi connectivity index (χ3n) is 1.09. The van der Waals surface area contributed by atoms with Gasteiger partial charge in [0.2, 0.25) is 10.0 Å². The summed E-state index contributed by atoms with van der Waals surface area (Å²) < 4.78 is 20.8. The molecule has 64 valence electrons. The van der Waals surface area contributed by atoms with Crippen molar-refractivity contribution in [3.63, 3.8) is 0 Å². The first-order chi connectivity index (χ1) is 4.95. The lowest BCUT2D eigenvalue weighted by Crippen LogP contribution is -2.32. The summed E-state index contributed by atoms with van der Waals surface area (Å²) in [5.41, 5.74) is 0. The minimum atomic E-state index is -3.36. The van der Waals surface area contributed by atoms with Crippen molar-refractivity contribution in [1.29, 1.82) is 0 Å². The Kier molecular flexibility index (Phi) is 4.11. The van der Waals surface area contributed by atoms with Crippen LogP contribution in [-0.2, 0) is 10.0 Å². The molecule has 0 aliphatic heterocycles. The monoisotopic (exact) mass is 176 g/mol. The molecule has 0 aliphatic rings. The van der Waals surface area contributed by atoms with E-state index in [9.17, 15) is 8.42 Å². The average Bonchev–Trinajstić information content (AvgIpc) is 1.85. The van der Waals surface area contributed by atoms with Crippen LogP contribution in [0, 0.1) is 12.3 Å². The van der Waals surface area contributed by atoms with Gasteiger partial charge in [-0.15, -0.1) is 6.42 Å². The number of sulfonamides is 1. The molecule has 0 heterocycles. The Balaban J connectivity index is 3.53. The molecule has 1 unspecified atom stereocenters. The minimum absolute atomic E-state index is 0.0843. The van der Waals surface area contributed by atoms with Gasteiger partial charge in [-0.3, -0.25) is 0 Å². The van der Waals surface area contributed by atoms with Gasteiger partial charge in [0.15, 0.2) is 0 Å². The molecule has 0 radical (unpaired) electrons. The second-order valence-electron chi connectivity index (χ2n) is 2.21. The highest BCUT2D eigenvalue weighted by Crippen LogP contribution is 1.78. The number of rotatable bonds is 4. The number of nitrogens with two attached hydrogens (primary N) is 1. The van der Waals surface area contributed by atoms with Gasteiger partial charge in [0.25, 0.3) is 0 Å². The lowest BCUT2D eigenvalue weighted by atomic mass is 10.4. The fourth-order valence-corrected chi connectivity index (χ4v) is 0.879. The molecule has 0 aromatic rings. The van der Waals surface area contributed by atoms with E-state index in [0.29, 0.717) is 6.54 Å². The summed E-state index contributed by atoms with van der Waals surface area (Å²) in [4.78, 5) is 0. The Bertz CT molecular complexity index is 240. The maximum Gasteiger partial charge on any atom is 0.210 e. The molecule has 5 heteroatoms. The molecule has 0 aromatic carbocycles. The Morgan fingerprint density at radius 2 is 2.27 bits per heavy atom. The van der Waals surface area contributed by atoms with Crippen LogP contribution in [0.5, 0.6) is 0 Å². The Hall–Kier alpha value is -0.570. The van der Waals surface area contributed by atoms with E-state index in [1.807, 2.05) is 0 Å². The van der Waals surface area contributed by atoms with Crippen molar-refractivity contribution in [2.75, 3.05) is 12.3 Å². The number of hydrogen-bond acceptors (Lipinski definition) is 3. The zero-order valence-corrected chi connectivity index (χ0v) is 7.19. The molecule has 0 spiro atoms. The molecule has 0 aromatic heterocycles. The number of hydrogen-bond donors (Lipinski definition) is 2.